The topological polar surface area (TPSA) is 63.0 Å². The van der Waals surface area contributed by atoms with Gasteiger partial charge in [0, 0.05) is 49.7 Å². The first-order chi connectivity index (χ1) is 11.8. The smallest absolute Gasteiger partial charge is 0.132 e. The maximum atomic E-state index is 4.55. The van der Waals surface area contributed by atoms with Crippen molar-refractivity contribution in [1.82, 2.24) is 29.9 Å². The number of hydrogen-bond donors (Lipinski definition) is 0. The summed E-state index contributed by atoms with van der Waals surface area (Å²) in [7, 11) is 0. The predicted molar refractivity (Wildman–Crippen MR) is 91.8 cm³/mol. The highest BCUT2D eigenvalue weighted by molar-refractivity contribution is 5.43. The van der Waals surface area contributed by atoms with E-state index in [1.807, 2.05) is 17.8 Å². The molecule has 2 aromatic rings. The van der Waals surface area contributed by atoms with Gasteiger partial charge in [-0.25, -0.2) is 9.97 Å². The van der Waals surface area contributed by atoms with Gasteiger partial charge in [0.15, 0.2) is 0 Å². The highest BCUT2D eigenvalue weighted by Crippen LogP contribution is 2.35. The molecule has 0 radical (unpaired) electrons. The zero-order valence-corrected chi connectivity index (χ0v) is 14.3. The van der Waals surface area contributed by atoms with Crippen LogP contribution < -0.4 is 4.90 Å². The Morgan fingerprint density at radius 1 is 1.08 bits per heavy atom. The number of nitrogens with zero attached hydrogens (tertiary/aromatic N) is 7. The molecule has 0 bridgehead atoms. The molecule has 0 aromatic carbocycles. The highest BCUT2D eigenvalue weighted by atomic mass is 15.4. The number of piperidine rings is 1. The van der Waals surface area contributed by atoms with Crippen molar-refractivity contribution in [3.05, 3.63) is 30.5 Å². The van der Waals surface area contributed by atoms with Gasteiger partial charge in [0.1, 0.15) is 12.1 Å². The summed E-state index contributed by atoms with van der Waals surface area (Å²) in [5.74, 6) is 1.12. The van der Waals surface area contributed by atoms with Gasteiger partial charge in [0.2, 0.25) is 0 Å². The van der Waals surface area contributed by atoms with Gasteiger partial charge in [-0.2, -0.15) is 0 Å². The van der Waals surface area contributed by atoms with Gasteiger partial charge < -0.3 is 9.80 Å². The molecule has 1 saturated carbocycles. The van der Waals surface area contributed by atoms with E-state index in [2.05, 4.69) is 36.1 Å². The van der Waals surface area contributed by atoms with Crippen molar-refractivity contribution in [2.75, 3.05) is 24.5 Å². The summed E-state index contributed by atoms with van der Waals surface area (Å²) in [4.78, 5) is 13.9. The van der Waals surface area contributed by atoms with E-state index in [0.29, 0.717) is 12.1 Å². The molecule has 7 nitrogen and oxygen atoms in total. The Balaban J connectivity index is 1.35. The number of anilines is 1. The average molecular weight is 327 g/mol. The van der Waals surface area contributed by atoms with Crippen molar-refractivity contribution < 1.29 is 0 Å². The van der Waals surface area contributed by atoms with Crippen molar-refractivity contribution >= 4 is 5.82 Å². The third-order valence-corrected chi connectivity index (χ3v) is 5.06. The molecular weight excluding hydrogens is 302 g/mol. The lowest BCUT2D eigenvalue weighted by Crippen LogP contribution is -2.47. The monoisotopic (exact) mass is 327 g/mol. The molecule has 0 unspecified atom stereocenters. The maximum Gasteiger partial charge on any atom is 0.132 e. The van der Waals surface area contributed by atoms with Crippen LogP contribution >= 0.6 is 0 Å². The number of rotatable bonds is 6. The Labute approximate surface area is 142 Å². The number of hydrogen-bond acceptors (Lipinski definition) is 6. The standard InChI is InChI=1S/C17H25N7/c1-14-12-17(19-13-18-14)24(15-2-3-15)16-4-7-22(8-5-16)10-11-23-9-6-20-21-23/h6,9,12-13,15-16H,2-5,7-8,10-11H2,1H3. The van der Waals surface area contributed by atoms with Crippen LogP contribution in [0.3, 0.4) is 0 Å². The van der Waals surface area contributed by atoms with E-state index in [1.165, 1.54) is 25.7 Å². The summed E-state index contributed by atoms with van der Waals surface area (Å²) in [6.07, 6.45) is 10.4. The third kappa shape index (κ3) is 3.56. The van der Waals surface area contributed by atoms with E-state index in [0.717, 1.165) is 37.7 Å². The predicted octanol–water partition coefficient (Wildman–Crippen LogP) is 1.51. The highest BCUT2D eigenvalue weighted by Gasteiger charge is 2.36. The summed E-state index contributed by atoms with van der Waals surface area (Å²) >= 11 is 0. The van der Waals surface area contributed by atoms with Gasteiger partial charge in [0.25, 0.3) is 0 Å². The number of aromatic nitrogens is 5. The largest absolute Gasteiger partial charge is 0.350 e. The van der Waals surface area contributed by atoms with E-state index in [4.69, 9.17) is 0 Å². The summed E-state index contributed by atoms with van der Waals surface area (Å²) in [6.45, 7) is 6.30. The second-order valence-corrected chi connectivity index (χ2v) is 6.89. The van der Waals surface area contributed by atoms with Crippen LogP contribution in [-0.2, 0) is 6.54 Å². The first kappa shape index (κ1) is 15.5. The molecule has 2 aromatic heterocycles. The summed E-state index contributed by atoms with van der Waals surface area (Å²) in [6, 6.07) is 3.43. The number of aryl methyl sites for hydroxylation is 1. The van der Waals surface area contributed by atoms with Crippen LogP contribution in [0, 0.1) is 6.92 Å². The molecular formula is C17H25N7. The Hall–Kier alpha value is -2.02. The minimum Gasteiger partial charge on any atom is -0.350 e. The van der Waals surface area contributed by atoms with E-state index < -0.39 is 0 Å². The maximum absolute atomic E-state index is 4.55. The van der Waals surface area contributed by atoms with E-state index in [1.54, 1.807) is 12.5 Å². The van der Waals surface area contributed by atoms with E-state index in [9.17, 15) is 0 Å². The molecule has 0 N–H and O–H groups in total. The van der Waals surface area contributed by atoms with Crippen molar-refractivity contribution in [3.8, 4) is 0 Å². The zero-order valence-electron chi connectivity index (χ0n) is 14.3. The van der Waals surface area contributed by atoms with Gasteiger partial charge >= 0.3 is 0 Å². The molecule has 0 amide bonds. The van der Waals surface area contributed by atoms with E-state index >= 15 is 0 Å². The van der Waals surface area contributed by atoms with Crippen molar-refractivity contribution in [3.63, 3.8) is 0 Å². The fourth-order valence-electron chi connectivity index (χ4n) is 3.62. The fourth-order valence-corrected chi connectivity index (χ4v) is 3.62. The molecule has 1 aliphatic carbocycles. The second-order valence-electron chi connectivity index (χ2n) is 6.89. The van der Waals surface area contributed by atoms with Crippen molar-refractivity contribution in [2.24, 2.45) is 0 Å². The zero-order chi connectivity index (χ0) is 16.4. The lowest BCUT2D eigenvalue weighted by atomic mass is 10.0. The Bertz CT molecular complexity index is 645. The molecule has 2 fully saturated rings. The third-order valence-electron chi connectivity index (χ3n) is 5.06. The summed E-state index contributed by atoms with van der Waals surface area (Å²) < 4.78 is 1.91. The minimum atomic E-state index is 0.606. The van der Waals surface area contributed by atoms with Crippen LogP contribution in [-0.4, -0.2) is 61.6 Å². The van der Waals surface area contributed by atoms with Crippen molar-refractivity contribution in [1.29, 1.82) is 0 Å². The van der Waals surface area contributed by atoms with Crippen molar-refractivity contribution in [2.45, 2.75) is 51.2 Å². The molecule has 0 atom stereocenters. The molecule has 0 spiro atoms. The summed E-state index contributed by atoms with van der Waals surface area (Å²) in [5, 5.41) is 7.90. The van der Waals surface area contributed by atoms with Gasteiger partial charge in [-0.3, -0.25) is 4.68 Å². The molecule has 1 saturated heterocycles. The summed E-state index contributed by atoms with van der Waals surface area (Å²) in [5.41, 5.74) is 1.05. The SMILES string of the molecule is Cc1cc(N(C2CC2)C2CCN(CCn3ccnn3)CC2)ncn1. The average Bonchev–Trinajstić information content (AvgIpc) is 3.28. The molecule has 1 aliphatic heterocycles. The molecule has 7 heteroatoms. The quantitative estimate of drug-likeness (QED) is 0.801. The van der Waals surface area contributed by atoms with Gasteiger partial charge in [-0.15, -0.1) is 5.10 Å². The van der Waals surface area contributed by atoms with Crippen LogP contribution in [0.1, 0.15) is 31.4 Å². The van der Waals surface area contributed by atoms with Crippen LogP contribution in [0.25, 0.3) is 0 Å². The molecule has 2 aliphatic rings. The normalized spacial score (nSPS) is 19.5. The van der Waals surface area contributed by atoms with Crippen LogP contribution in [0.5, 0.6) is 0 Å². The van der Waals surface area contributed by atoms with Gasteiger partial charge in [-0.1, -0.05) is 5.21 Å². The molecule has 128 valence electrons. The Morgan fingerprint density at radius 3 is 2.54 bits per heavy atom. The minimum absolute atomic E-state index is 0.606. The molecule has 3 heterocycles. The lowest BCUT2D eigenvalue weighted by Gasteiger charge is -2.39. The second kappa shape index (κ2) is 6.84. The van der Waals surface area contributed by atoms with Crippen LogP contribution in [0.15, 0.2) is 24.8 Å². The molecule has 4 rings (SSSR count). The van der Waals surface area contributed by atoms with Crippen LogP contribution in [0.4, 0.5) is 5.82 Å². The van der Waals surface area contributed by atoms with Gasteiger partial charge in [-0.05, 0) is 32.6 Å². The van der Waals surface area contributed by atoms with E-state index in [-0.39, 0.29) is 0 Å². The fraction of sp³-hybridized carbons (Fsp3) is 0.647. The first-order valence-electron chi connectivity index (χ1n) is 8.93. The molecule has 24 heavy (non-hydrogen) atoms. The Kier molecular flexibility index (Phi) is 4.42. The number of likely N-dealkylation sites (tertiary alicyclic amines) is 1. The Morgan fingerprint density at radius 2 is 1.88 bits per heavy atom. The van der Waals surface area contributed by atoms with Crippen LogP contribution in [0.2, 0.25) is 0 Å². The van der Waals surface area contributed by atoms with Gasteiger partial charge in [0.05, 0.1) is 12.7 Å². The lowest BCUT2D eigenvalue weighted by molar-refractivity contribution is 0.198. The first-order valence-corrected chi connectivity index (χ1v) is 8.93.